The van der Waals surface area contributed by atoms with E-state index in [-0.39, 0.29) is 23.5 Å². The molecule has 6 nitrogen and oxygen atoms in total. The molecule has 1 fully saturated rings. The van der Waals surface area contributed by atoms with Gasteiger partial charge in [-0.15, -0.1) is 0 Å². The van der Waals surface area contributed by atoms with Gasteiger partial charge in [-0.1, -0.05) is 17.7 Å². The molecule has 0 radical (unpaired) electrons. The molecule has 0 aliphatic carbocycles. The number of hydrogen-bond donors (Lipinski definition) is 1. The van der Waals surface area contributed by atoms with Crippen LogP contribution >= 0.6 is 0 Å². The number of anilines is 2. The highest BCUT2D eigenvalue weighted by Crippen LogP contribution is 2.23. The first-order valence-corrected chi connectivity index (χ1v) is 10.9. The average Bonchev–Trinajstić information content (AvgIpc) is 2.98. The maximum absolute atomic E-state index is 12.5. The summed E-state index contributed by atoms with van der Waals surface area (Å²) in [5.74, 6) is 0.873. The van der Waals surface area contributed by atoms with Crippen molar-refractivity contribution < 1.29 is 13.2 Å². The van der Waals surface area contributed by atoms with Crippen molar-refractivity contribution in [1.82, 2.24) is 4.98 Å². The van der Waals surface area contributed by atoms with Crippen molar-refractivity contribution in [3.8, 4) is 0 Å². The Morgan fingerprint density at radius 1 is 1.26 bits per heavy atom. The van der Waals surface area contributed by atoms with E-state index in [1.807, 2.05) is 43.9 Å². The molecule has 7 heteroatoms. The molecule has 0 spiro atoms. The number of amides is 1. The summed E-state index contributed by atoms with van der Waals surface area (Å²) in [5.41, 5.74) is 3.40. The fraction of sp³-hybridized carbons (Fsp3) is 0.400. The minimum atomic E-state index is -2.96. The largest absolute Gasteiger partial charge is 0.353 e. The number of aromatic nitrogens is 1. The maximum atomic E-state index is 12.5. The predicted octanol–water partition coefficient (Wildman–Crippen LogP) is 2.96. The van der Waals surface area contributed by atoms with E-state index in [1.165, 1.54) is 0 Å². The molecular weight excluding hydrogens is 362 g/mol. The van der Waals surface area contributed by atoms with Gasteiger partial charge in [0.2, 0.25) is 0 Å². The monoisotopic (exact) mass is 387 g/mol. The third-order valence-electron chi connectivity index (χ3n) is 4.92. The summed E-state index contributed by atoms with van der Waals surface area (Å²) < 4.78 is 23.5. The van der Waals surface area contributed by atoms with Crippen LogP contribution in [0.4, 0.5) is 11.5 Å². The van der Waals surface area contributed by atoms with Crippen LogP contribution in [0, 0.1) is 13.8 Å². The van der Waals surface area contributed by atoms with E-state index in [1.54, 1.807) is 18.3 Å². The summed E-state index contributed by atoms with van der Waals surface area (Å²) >= 11 is 0. The lowest BCUT2D eigenvalue weighted by atomic mass is 10.1. The summed E-state index contributed by atoms with van der Waals surface area (Å²) in [4.78, 5) is 18.9. The number of nitrogens with zero attached hydrogens (tertiary/aromatic N) is 2. The van der Waals surface area contributed by atoms with Crippen molar-refractivity contribution >= 4 is 27.2 Å². The number of benzene rings is 1. The molecule has 144 valence electrons. The van der Waals surface area contributed by atoms with E-state index >= 15 is 0 Å². The van der Waals surface area contributed by atoms with Crippen molar-refractivity contribution in [2.45, 2.75) is 33.2 Å². The SMILES string of the molecule is CCN(c1ccc(C(=O)Nc2ccc(C)cc2C)cn1)C1CCS(=O)(=O)C1. The lowest BCUT2D eigenvalue weighted by Crippen LogP contribution is -2.36. The van der Waals surface area contributed by atoms with Gasteiger partial charge in [-0.2, -0.15) is 0 Å². The zero-order chi connectivity index (χ0) is 19.6. The minimum Gasteiger partial charge on any atom is -0.353 e. The van der Waals surface area contributed by atoms with Crippen LogP contribution in [0.3, 0.4) is 0 Å². The second-order valence-corrected chi connectivity index (χ2v) is 9.25. The Kier molecular flexibility index (Phi) is 5.51. The van der Waals surface area contributed by atoms with Gasteiger partial charge in [0, 0.05) is 24.5 Å². The van der Waals surface area contributed by atoms with Gasteiger partial charge < -0.3 is 10.2 Å². The van der Waals surface area contributed by atoms with Crippen molar-refractivity contribution in [1.29, 1.82) is 0 Å². The first-order chi connectivity index (χ1) is 12.8. The van der Waals surface area contributed by atoms with Crippen molar-refractivity contribution in [2.24, 2.45) is 0 Å². The van der Waals surface area contributed by atoms with Crippen LogP contribution in [0.15, 0.2) is 36.5 Å². The molecule has 27 heavy (non-hydrogen) atoms. The lowest BCUT2D eigenvalue weighted by molar-refractivity contribution is 0.102. The van der Waals surface area contributed by atoms with Crippen molar-refractivity contribution in [3.63, 3.8) is 0 Å². The summed E-state index contributed by atoms with van der Waals surface area (Å²) in [6.45, 7) is 6.61. The van der Waals surface area contributed by atoms with E-state index in [4.69, 9.17) is 0 Å². The van der Waals surface area contributed by atoms with Crippen LogP contribution in [0.5, 0.6) is 0 Å². The molecule has 1 aromatic carbocycles. The Morgan fingerprint density at radius 3 is 2.59 bits per heavy atom. The predicted molar refractivity (Wildman–Crippen MR) is 108 cm³/mol. The van der Waals surface area contributed by atoms with E-state index in [9.17, 15) is 13.2 Å². The first-order valence-electron chi connectivity index (χ1n) is 9.11. The summed E-state index contributed by atoms with van der Waals surface area (Å²) in [6, 6.07) is 9.33. The third kappa shape index (κ3) is 4.47. The second kappa shape index (κ2) is 7.68. The molecule has 1 saturated heterocycles. The van der Waals surface area contributed by atoms with Crippen LogP contribution in [0.25, 0.3) is 0 Å². The molecule has 1 aliphatic rings. The third-order valence-corrected chi connectivity index (χ3v) is 6.67. The normalized spacial score (nSPS) is 18.3. The Morgan fingerprint density at radius 2 is 2.04 bits per heavy atom. The molecule has 2 heterocycles. The summed E-state index contributed by atoms with van der Waals surface area (Å²) in [7, 11) is -2.96. The standard InChI is InChI=1S/C20H25N3O3S/c1-4-23(17-9-10-27(25,26)13-17)19-8-6-16(12-21-19)20(24)22-18-7-5-14(2)11-15(18)3/h5-8,11-12,17H,4,9-10,13H2,1-3H3,(H,22,24). The Bertz CT molecular complexity index is 939. The van der Waals surface area contributed by atoms with Gasteiger partial charge in [0.1, 0.15) is 5.82 Å². The molecule has 1 aromatic heterocycles. The van der Waals surface area contributed by atoms with Gasteiger partial charge in [-0.05, 0) is 51.0 Å². The summed E-state index contributed by atoms with van der Waals surface area (Å²) in [6.07, 6.45) is 2.16. The van der Waals surface area contributed by atoms with Gasteiger partial charge in [-0.3, -0.25) is 4.79 Å². The molecule has 1 aliphatic heterocycles. The van der Waals surface area contributed by atoms with Crippen molar-refractivity contribution in [2.75, 3.05) is 28.3 Å². The smallest absolute Gasteiger partial charge is 0.257 e. The van der Waals surface area contributed by atoms with Gasteiger partial charge in [0.25, 0.3) is 5.91 Å². The topological polar surface area (TPSA) is 79.4 Å². The fourth-order valence-electron chi connectivity index (χ4n) is 3.47. The lowest BCUT2D eigenvalue weighted by Gasteiger charge is -2.28. The minimum absolute atomic E-state index is 0.0533. The number of nitrogens with one attached hydrogen (secondary N) is 1. The average molecular weight is 388 g/mol. The van der Waals surface area contributed by atoms with E-state index in [0.29, 0.717) is 24.3 Å². The number of rotatable bonds is 5. The van der Waals surface area contributed by atoms with Crippen LogP contribution in [-0.4, -0.2) is 43.4 Å². The Labute approximate surface area is 160 Å². The maximum Gasteiger partial charge on any atom is 0.257 e. The number of sulfone groups is 1. The van der Waals surface area contributed by atoms with E-state index < -0.39 is 9.84 Å². The summed E-state index contributed by atoms with van der Waals surface area (Å²) in [5, 5.41) is 2.91. The number of hydrogen-bond acceptors (Lipinski definition) is 5. The van der Waals surface area contributed by atoms with Crippen molar-refractivity contribution in [3.05, 3.63) is 53.2 Å². The fourth-order valence-corrected chi connectivity index (χ4v) is 5.20. The van der Waals surface area contributed by atoms with E-state index in [2.05, 4.69) is 10.3 Å². The molecule has 0 bridgehead atoms. The van der Waals surface area contributed by atoms with Crippen LogP contribution < -0.4 is 10.2 Å². The molecule has 3 rings (SSSR count). The van der Waals surface area contributed by atoms with Gasteiger partial charge in [0.15, 0.2) is 9.84 Å². The van der Waals surface area contributed by atoms with Gasteiger partial charge >= 0.3 is 0 Å². The van der Waals surface area contributed by atoms with Crippen LogP contribution in [0.2, 0.25) is 0 Å². The number of pyridine rings is 1. The van der Waals surface area contributed by atoms with Crippen LogP contribution in [0.1, 0.15) is 34.8 Å². The van der Waals surface area contributed by atoms with Crippen LogP contribution in [-0.2, 0) is 9.84 Å². The Balaban J connectivity index is 1.73. The highest BCUT2D eigenvalue weighted by Gasteiger charge is 2.32. The van der Waals surface area contributed by atoms with Gasteiger partial charge in [0.05, 0.1) is 17.1 Å². The molecule has 1 amide bonds. The zero-order valence-corrected chi connectivity index (χ0v) is 16.7. The van der Waals surface area contributed by atoms with E-state index in [0.717, 1.165) is 16.8 Å². The molecule has 2 aromatic rings. The second-order valence-electron chi connectivity index (χ2n) is 7.02. The molecule has 1 unspecified atom stereocenters. The first kappa shape index (κ1) is 19.4. The number of aryl methyl sites for hydroxylation is 2. The van der Waals surface area contributed by atoms with Gasteiger partial charge in [-0.25, -0.2) is 13.4 Å². The number of carbonyl (C=O) groups is 1. The molecule has 1 N–H and O–H groups in total. The zero-order valence-electron chi connectivity index (χ0n) is 15.9. The highest BCUT2D eigenvalue weighted by atomic mass is 32.2. The number of carbonyl (C=O) groups excluding carboxylic acids is 1. The highest BCUT2D eigenvalue weighted by molar-refractivity contribution is 7.91. The molecular formula is C20H25N3O3S. The molecule has 1 atom stereocenters. The quantitative estimate of drug-likeness (QED) is 0.853. The molecule has 0 saturated carbocycles. The Hall–Kier alpha value is -2.41.